The normalized spacial score (nSPS) is 12.6. The van der Waals surface area contributed by atoms with Crippen molar-refractivity contribution in [3.63, 3.8) is 0 Å². The van der Waals surface area contributed by atoms with Gasteiger partial charge in [-0.05, 0) is 24.1 Å². The molecule has 0 aliphatic heterocycles. The Morgan fingerprint density at radius 2 is 1.44 bits per heavy atom. The van der Waals surface area contributed by atoms with Crippen molar-refractivity contribution in [1.29, 1.82) is 0 Å². The van der Waals surface area contributed by atoms with E-state index in [1.165, 1.54) is 57.6 Å². The molecule has 1 rings (SSSR count). The number of benzene rings is 1. The Morgan fingerprint density at radius 3 is 2.03 bits per heavy atom. The van der Waals surface area contributed by atoms with Gasteiger partial charge in [-0.2, -0.15) is 0 Å². The van der Waals surface area contributed by atoms with Crippen LogP contribution in [0.15, 0.2) is 24.3 Å². The van der Waals surface area contributed by atoms with E-state index < -0.39 is 24.0 Å². The number of amides is 1. The number of aromatic hydroxyl groups is 1. The first kappa shape index (κ1) is 29.4. The third-order valence-corrected chi connectivity index (χ3v) is 5.38. The van der Waals surface area contributed by atoms with Crippen LogP contribution in [0.2, 0.25) is 0 Å². The van der Waals surface area contributed by atoms with Crippen LogP contribution in [0.5, 0.6) is 5.75 Å². The standard InChI is InChI=1S/C26H41NO7/c1-3-4-5-6-7-8-9-10-11-12-25(31)33-18-23(30)19-34-26(32)24(27-20(2)28)17-21-13-15-22(29)16-14-21/h13-16,23-24,29-30H,3-12,17-19H2,1-2H3,(H,27,28)/t23-,24-/m0/s1. The molecule has 0 saturated carbocycles. The number of phenolic OH excluding ortho intramolecular Hbond substituents is 1. The lowest BCUT2D eigenvalue weighted by Crippen LogP contribution is -2.43. The molecule has 3 N–H and O–H groups in total. The molecule has 1 aromatic rings. The summed E-state index contributed by atoms with van der Waals surface area (Å²) < 4.78 is 10.2. The lowest BCUT2D eigenvalue weighted by molar-refractivity contribution is -0.154. The van der Waals surface area contributed by atoms with Gasteiger partial charge < -0.3 is 25.0 Å². The zero-order chi connectivity index (χ0) is 25.2. The van der Waals surface area contributed by atoms with E-state index >= 15 is 0 Å². The molecular weight excluding hydrogens is 438 g/mol. The fourth-order valence-electron chi connectivity index (χ4n) is 3.47. The third kappa shape index (κ3) is 14.5. The first-order valence-electron chi connectivity index (χ1n) is 12.4. The number of nitrogens with one attached hydrogen (secondary N) is 1. The molecule has 0 bridgehead atoms. The van der Waals surface area contributed by atoms with Crippen LogP contribution < -0.4 is 5.32 Å². The molecule has 1 amide bonds. The minimum absolute atomic E-state index is 0.0953. The Morgan fingerprint density at radius 1 is 0.882 bits per heavy atom. The van der Waals surface area contributed by atoms with Gasteiger partial charge in [0.15, 0.2) is 0 Å². The van der Waals surface area contributed by atoms with Crippen LogP contribution >= 0.6 is 0 Å². The summed E-state index contributed by atoms with van der Waals surface area (Å²) in [4.78, 5) is 35.7. The van der Waals surface area contributed by atoms with E-state index in [-0.39, 0.29) is 31.4 Å². The van der Waals surface area contributed by atoms with Gasteiger partial charge >= 0.3 is 11.9 Å². The molecule has 0 spiro atoms. The van der Waals surface area contributed by atoms with Crippen LogP contribution in [0, 0.1) is 0 Å². The van der Waals surface area contributed by atoms with E-state index in [1.807, 2.05) is 0 Å². The highest BCUT2D eigenvalue weighted by Gasteiger charge is 2.23. The molecular formula is C26H41NO7. The van der Waals surface area contributed by atoms with Gasteiger partial charge in [0.25, 0.3) is 0 Å². The lowest BCUT2D eigenvalue weighted by atomic mass is 10.1. The molecule has 34 heavy (non-hydrogen) atoms. The number of hydrogen-bond donors (Lipinski definition) is 3. The predicted molar refractivity (Wildman–Crippen MR) is 129 cm³/mol. The van der Waals surface area contributed by atoms with E-state index in [0.29, 0.717) is 6.42 Å². The number of aliphatic hydroxyl groups is 1. The van der Waals surface area contributed by atoms with Gasteiger partial charge in [0.2, 0.25) is 5.91 Å². The molecule has 0 saturated heterocycles. The maximum absolute atomic E-state index is 12.4. The van der Waals surface area contributed by atoms with Gasteiger partial charge in [-0.1, -0.05) is 70.4 Å². The van der Waals surface area contributed by atoms with Crippen LogP contribution in [-0.4, -0.2) is 53.4 Å². The summed E-state index contributed by atoms with van der Waals surface area (Å²) in [6.45, 7) is 2.89. The number of rotatable bonds is 18. The number of carbonyl (C=O) groups is 3. The van der Waals surface area contributed by atoms with E-state index in [4.69, 9.17) is 9.47 Å². The third-order valence-electron chi connectivity index (χ3n) is 5.38. The van der Waals surface area contributed by atoms with Crippen LogP contribution in [0.1, 0.15) is 83.6 Å². The van der Waals surface area contributed by atoms with Gasteiger partial charge in [-0.3, -0.25) is 9.59 Å². The molecule has 0 fully saturated rings. The fraction of sp³-hybridized carbons (Fsp3) is 0.654. The second-order valence-electron chi connectivity index (χ2n) is 8.67. The highest BCUT2D eigenvalue weighted by molar-refractivity contribution is 5.83. The first-order valence-corrected chi connectivity index (χ1v) is 12.4. The summed E-state index contributed by atoms with van der Waals surface area (Å²) in [5, 5.41) is 21.9. The van der Waals surface area contributed by atoms with Gasteiger partial charge in [0.1, 0.15) is 31.1 Å². The summed E-state index contributed by atoms with van der Waals surface area (Å²) in [6, 6.07) is 5.30. The van der Waals surface area contributed by atoms with Crippen molar-refractivity contribution in [3.05, 3.63) is 29.8 Å². The van der Waals surface area contributed by atoms with E-state index in [2.05, 4.69) is 12.2 Å². The van der Waals surface area contributed by atoms with Crippen molar-refractivity contribution >= 4 is 17.8 Å². The average molecular weight is 480 g/mol. The van der Waals surface area contributed by atoms with Gasteiger partial charge in [0, 0.05) is 19.8 Å². The molecule has 8 heteroatoms. The summed E-state index contributed by atoms with van der Waals surface area (Å²) in [5.74, 6) is -1.38. The van der Waals surface area contributed by atoms with Crippen molar-refractivity contribution < 1.29 is 34.1 Å². The van der Waals surface area contributed by atoms with Crippen molar-refractivity contribution in [2.75, 3.05) is 13.2 Å². The zero-order valence-electron chi connectivity index (χ0n) is 20.6. The number of hydrogen-bond acceptors (Lipinski definition) is 7. The fourth-order valence-corrected chi connectivity index (χ4v) is 3.47. The molecule has 0 heterocycles. The lowest BCUT2D eigenvalue weighted by Gasteiger charge is -2.18. The Bertz CT molecular complexity index is 720. The summed E-state index contributed by atoms with van der Waals surface area (Å²) >= 11 is 0. The maximum Gasteiger partial charge on any atom is 0.329 e. The highest BCUT2D eigenvalue weighted by Crippen LogP contribution is 2.13. The number of aliphatic hydroxyl groups excluding tert-OH is 1. The van der Waals surface area contributed by atoms with Crippen molar-refractivity contribution in [2.45, 2.75) is 96.6 Å². The molecule has 0 aliphatic rings. The first-order chi connectivity index (χ1) is 16.3. The number of phenols is 1. The summed E-state index contributed by atoms with van der Waals surface area (Å²) in [5.41, 5.74) is 0.722. The van der Waals surface area contributed by atoms with E-state index in [9.17, 15) is 24.6 Å². The molecule has 1 aromatic carbocycles. The molecule has 192 valence electrons. The number of esters is 2. The number of ether oxygens (including phenoxy) is 2. The van der Waals surface area contributed by atoms with Gasteiger partial charge in [-0.25, -0.2) is 4.79 Å². The van der Waals surface area contributed by atoms with Crippen LogP contribution in [0.4, 0.5) is 0 Å². The highest BCUT2D eigenvalue weighted by atomic mass is 16.6. The van der Waals surface area contributed by atoms with E-state index in [1.54, 1.807) is 12.1 Å². The Labute approximate surface area is 203 Å². The van der Waals surface area contributed by atoms with E-state index in [0.717, 1.165) is 24.8 Å². The second-order valence-corrected chi connectivity index (χ2v) is 8.67. The Balaban J connectivity index is 2.23. The minimum Gasteiger partial charge on any atom is -0.508 e. The van der Waals surface area contributed by atoms with Crippen molar-refractivity contribution in [1.82, 2.24) is 5.32 Å². The van der Waals surface area contributed by atoms with Crippen LogP contribution in [0.25, 0.3) is 0 Å². The monoisotopic (exact) mass is 479 g/mol. The SMILES string of the molecule is CCCCCCCCCCCC(=O)OC[C@H](O)COC(=O)[C@H](Cc1ccc(O)cc1)NC(C)=O. The summed E-state index contributed by atoms with van der Waals surface area (Å²) in [7, 11) is 0. The number of unbranched alkanes of at least 4 members (excludes halogenated alkanes) is 8. The minimum atomic E-state index is -1.15. The summed E-state index contributed by atoms with van der Waals surface area (Å²) in [6.07, 6.45) is 9.73. The molecule has 0 radical (unpaired) electrons. The van der Waals surface area contributed by atoms with Crippen LogP contribution in [0.3, 0.4) is 0 Å². The average Bonchev–Trinajstić information content (AvgIpc) is 2.80. The van der Waals surface area contributed by atoms with Crippen molar-refractivity contribution in [3.8, 4) is 5.75 Å². The quantitative estimate of drug-likeness (QED) is 0.216. The van der Waals surface area contributed by atoms with Gasteiger partial charge in [-0.15, -0.1) is 0 Å². The molecule has 2 atom stereocenters. The zero-order valence-corrected chi connectivity index (χ0v) is 20.6. The largest absolute Gasteiger partial charge is 0.508 e. The van der Waals surface area contributed by atoms with Crippen LogP contribution in [-0.2, 0) is 30.3 Å². The Hall–Kier alpha value is -2.61. The molecule has 0 aliphatic carbocycles. The Kier molecular flexibility index (Phi) is 15.4. The smallest absolute Gasteiger partial charge is 0.329 e. The maximum atomic E-state index is 12.4. The van der Waals surface area contributed by atoms with Crippen molar-refractivity contribution in [2.24, 2.45) is 0 Å². The topological polar surface area (TPSA) is 122 Å². The van der Waals surface area contributed by atoms with Gasteiger partial charge in [0.05, 0.1) is 0 Å². The molecule has 0 aromatic heterocycles. The number of carbonyl (C=O) groups excluding carboxylic acids is 3. The predicted octanol–water partition coefficient (Wildman–Crippen LogP) is 3.81. The molecule has 8 nitrogen and oxygen atoms in total. The molecule has 0 unspecified atom stereocenters. The second kappa shape index (κ2) is 17.8.